The molecule has 0 N–H and O–H groups in total. The van der Waals surface area contributed by atoms with Crippen LogP contribution in [0.15, 0.2) is 309 Å². The average molecular weight is 1060 g/mol. The van der Waals surface area contributed by atoms with E-state index in [-0.39, 0.29) is 0 Å². The molecule has 0 saturated heterocycles. The maximum Gasteiger partial charge on any atom is 0.164 e. The molecule has 1 spiro atoms. The highest BCUT2D eigenvalue weighted by Gasteiger charge is 2.52. The first-order valence-electron chi connectivity index (χ1n) is 28.3. The first-order chi connectivity index (χ1) is 41.2. The van der Waals surface area contributed by atoms with E-state index < -0.39 is 5.41 Å². The van der Waals surface area contributed by atoms with E-state index in [1.165, 1.54) is 71.6 Å². The molecule has 0 bridgehead atoms. The molecule has 5 nitrogen and oxygen atoms in total. The van der Waals surface area contributed by atoms with Crippen LogP contribution >= 0.6 is 0 Å². The summed E-state index contributed by atoms with van der Waals surface area (Å²) in [4.78, 5) is 20.7. The van der Waals surface area contributed by atoms with Crippen molar-refractivity contribution < 1.29 is 0 Å². The van der Waals surface area contributed by atoms with Gasteiger partial charge in [0.25, 0.3) is 0 Å². The van der Waals surface area contributed by atoms with Crippen LogP contribution in [0.5, 0.6) is 0 Å². The smallest absolute Gasteiger partial charge is 0.164 e. The van der Waals surface area contributed by atoms with E-state index in [0.29, 0.717) is 17.5 Å². The molecule has 1 unspecified atom stereocenters. The second kappa shape index (κ2) is 19.7. The molecule has 14 aromatic rings. The van der Waals surface area contributed by atoms with Crippen molar-refractivity contribution in [3.8, 4) is 67.5 Å². The third kappa shape index (κ3) is 7.89. The zero-order valence-corrected chi connectivity index (χ0v) is 45.2. The minimum Gasteiger partial charge on any atom is -0.310 e. The van der Waals surface area contributed by atoms with Crippen LogP contribution in [0, 0.1) is 0 Å². The molecule has 2 aliphatic carbocycles. The Morgan fingerprint density at radius 3 is 1.19 bits per heavy atom. The van der Waals surface area contributed by atoms with Crippen molar-refractivity contribution in [2.24, 2.45) is 0 Å². The zero-order valence-electron chi connectivity index (χ0n) is 45.2. The lowest BCUT2D eigenvalue weighted by Crippen LogP contribution is -2.26. The van der Waals surface area contributed by atoms with Crippen LogP contribution in [-0.2, 0) is 5.41 Å². The quantitative estimate of drug-likeness (QED) is 0.137. The zero-order chi connectivity index (χ0) is 54.8. The minimum absolute atomic E-state index is 0.610. The lowest BCUT2D eigenvalue weighted by molar-refractivity contribution is 0.793. The standard InChI is InChI=1S/C78H51N5/c1-5-22-52(23-6-1)57-32-19-35-60(48-57)83(74-41-21-31-54-25-14-16-37-64(54)74)62-44-47-68-67-46-43-61(82(59-33-11-4-12-34-59)73-40-20-30-53-24-13-15-36-63(53)73)50-71(67)78(72(68)51-62)69-39-18-17-38-65(69)66-45-42-58(49-70(66)78)77-80-75(55-26-7-2-8-27-55)79-76(81-77)56-28-9-3-10-29-56/h1-51H. The SMILES string of the molecule is c1ccc(-c2cccc(N(c3ccc4c(c3)C3(c5ccccc5-c5ccc(-c6nc(-c7ccccc7)nc(-c7ccccc7)n6)cc53)c3cc(N(c5ccccc5)c5cccc6ccccc56)ccc3-4)c3cccc4ccccc34)c2)cc1. The van der Waals surface area contributed by atoms with E-state index in [1.54, 1.807) is 0 Å². The Balaban J connectivity index is 0.980. The summed E-state index contributed by atoms with van der Waals surface area (Å²) >= 11 is 0. The Labute approximate surface area is 482 Å². The molecule has 0 fully saturated rings. The van der Waals surface area contributed by atoms with Gasteiger partial charge in [-0.1, -0.05) is 243 Å². The van der Waals surface area contributed by atoms with Crippen molar-refractivity contribution in [3.05, 3.63) is 332 Å². The van der Waals surface area contributed by atoms with E-state index in [1.807, 2.05) is 36.4 Å². The molecule has 0 aliphatic heterocycles. The second-order valence-electron chi connectivity index (χ2n) is 21.5. The van der Waals surface area contributed by atoms with Crippen LogP contribution in [0.25, 0.3) is 89.1 Å². The molecule has 16 rings (SSSR count). The number of anilines is 6. The Morgan fingerprint density at radius 2 is 0.614 bits per heavy atom. The summed E-state index contributed by atoms with van der Waals surface area (Å²) in [5.74, 6) is 1.86. The Kier molecular flexibility index (Phi) is 11.4. The van der Waals surface area contributed by atoms with Gasteiger partial charge in [-0.05, 0) is 133 Å². The van der Waals surface area contributed by atoms with Crippen LogP contribution in [0.2, 0.25) is 0 Å². The van der Waals surface area contributed by atoms with Gasteiger partial charge in [-0.3, -0.25) is 0 Å². The topological polar surface area (TPSA) is 45.2 Å². The van der Waals surface area contributed by atoms with Crippen LogP contribution < -0.4 is 9.80 Å². The number of rotatable bonds is 10. The molecule has 0 saturated carbocycles. The molecule has 1 atom stereocenters. The molecule has 2 aliphatic rings. The minimum atomic E-state index is -0.812. The third-order valence-electron chi connectivity index (χ3n) is 16.9. The predicted molar refractivity (Wildman–Crippen MR) is 342 cm³/mol. The molecule has 1 aromatic heterocycles. The van der Waals surface area contributed by atoms with Crippen molar-refractivity contribution >= 4 is 55.7 Å². The fourth-order valence-corrected chi connectivity index (χ4v) is 13.2. The van der Waals surface area contributed by atoms with E-state index in [2.05, 4.69) is 283 Å². The molecule has 13 aromatic carbocycles. The summed E-state index contributed by atoms with van der Waals surface area (Å²) in [7, 11) is 0. The number of hydrogen-bond donors (Lipinski definition) is 0. The summed E-state index contributed by atoms with van der Waals surface area (Å²) < 4.78 is 0. The summed E-state index contributed by atoms with van der Waals surface area (Å²) in [6.07, 6.45) is 0. The first-order valence-corrected chi connectivity index (χ1v) is 28.3. The number of hydrogen-bond acceptors (Lipinski definition) is 5. The van der Waals surface area contributed by atoms with Crippen molar-refractivity contribution in [1.29, 1.82) is 0 Å². The lowest BCUT2D eigenvalue weighted by atomic mass is 9.70. The normalized spacial score (nSPS) is 13.6. The largest absolute Gasteiger partial charge is 0.310 e. The molecular weight excluding hydrogens is 1010 g/mol. The van der Waals surface area contributed by atoms with E-state index in [0.717, 1.165) is 56.4 Å². The van der Waals surface area contributed by atoms with Crippen LogP contribution in [-0.4, -0.2) is 15.0 Å². The molecule has 5 heteroatoms. The fourth-order valence-electron chi connectivity index (χ4n) is 13.2. The Morgan fingerprint density at radius 1 is 0.229 bits per heavy atom. The molecule has 83 heavy (non-hydrogen) atoms. The Bertz CT molecular complexity index is 4740. The van der Waals surface area contributed by atoms with Gasteiger partial charge in [0, 0.05) is 50.2 Å². The lowest BCUT2D eigenvalue weighted by Gasteiger charge is -2.34. The van der Waals surface area contributed by atoms with Crippen LogP contribution in [0.4, 0.5) is 34.1 Å². The number of fused-ring (bicyclic) bond motifs is 12. The summed E-state index contributed by atoms with van der Waals surface area (Å²) in [6, 6.07) is 112. The molecule has 0 amide bonds. The molecule has 1 heterocycles. The van der Waals surface area contributed by atoms with Crippen molar-refractivity contribution in [2.75, 3.05) is 9.80 Å². The predicted octanol–water partition coefficient (Wildman–Crippen LogP) is 20.1. The number of nitrogens with zero attached hydrogens (tertiary/aromatic N) is 5. The van der Waals surface area contributed by atoms with Gasteiger partial charge in [0.15, 0.2) is 17.5 Å². The van der Waals surface area contributed by atoms with Crippen LogP contribution in [0.1, 0.15) is 22.3 Å². The summed E-state index contributed by atoms with van der Waals surface area (Å²) in [6.45, 7) is 0. The highest BCUT2D eigenvalue weighted by molar-refractivity contribution is 6.03. The Hall–Kier alpha value is -11.0. The van der Waals surface area contributed by atoms with E-state index in [9.17, 15) is 0 Å². The summed E-state index contributed by atoms with van der Waals surface area (Å²) in [5.41, 5.74) is 20.3. The number of para-hydroxylation sites is 1. The van der Waals surface area contributed by atoms with Crippen molar-refractivity contribution in [3.63, 3.8) is 0 Å². The fraction of sp³-hybridized carbons (Fsp3) is 0.0128. The number of aromatic nitrogens is 3. The summed E-state index contributed by atoms with van der Waals surface area (Å²) in [5, 5.41) is 4.70. The highest BCUT2D eigenvalue weighted by atomic mass is 15.2. The van der Waals surface area contributed by atoms with Crippen LogP contribution in [0.3, 0.4) is 0 Å². The number of benzene rings is 13. The second-order valence-corrected chi connectivity index (χ2v) is 21.5. The van der Waals surface area contributed by atoms with Gasteiger partial charge in [-0.15, -0.1) is 0 Å². The van der Waals surface area contributed by atoms with Crippen molar-refractivity contribution in [1.82, 2.24) is 15.0 Å². The van der Waals surface area contributed by atoms with Gasteiger partial charge < -0.3 is 9.80 Å². The molecule has 0 radical (unpaired) electrons. The van der Waals surface area contributed by atoms with Crippen molar-refractivity contribution in [2.45, 2.75) is 5.41 Å². The highest BCUT2D eigenvalue weighted by Crippen LogP contribution is 2.64. The van der Waals surface area contributed by atoms with Gasteiger partial charge in [-0.25, -0.2) is 15.0 Å². The average Bonchev–Trinajstić information content (AvgIpc) is 1.57. The van der Waals surface area contributed by atoms with Gasteiger partial charge in [-0.2, -0.15) is 0 Å². The van der Waals surface area contributed by atoms with Gasteiger partial charge in [0.1, 0.15) is 0 Å². The van der Waals surface area contributed by atoms with E-state index in [4.69, 9.17) is 15.0 Å². The van der Waals surface area contributed by atoms with Gasteiger partial charge >= 0.3 is 0 Å². The third-order valence-corrected chi connectivity index (χ3v) is 16.9. The molecule has 388 valence electrons. The molecular formula is C78H51N5. The van der Waals surface area contributed by atoms with Gasteiger partial charge in [0.2, 0.25) is 0 Å². The van der Waals surface area contributed by atoms with Gasteiger partial charge in [0.05, 0.1) is 16.8 Å². The first kappa shape index (κ1) is 47.9. The monoisotopic (exact) mass is 1060 g/mol. The maximum absolute atomic E-state index is 5.33. The van der Waals surface area contributed by atoms with E-state index >= 15 is 0 Å². The maximum atomic E-state index is 5.33.